The Morgan fingerprint density at radius 3 is 1.19 bits per heavy atom. The highest BCUT2D eigenvalue weighted by Gasteiger charge is 2.17. The Morgan fingerprint density at radius 1 is 0.462 bits per heavy atom. The Labute approximate surface area is 325 Å². The first kappa shape index (κ1) is 50.6. The van der Waals surface area contributed by atoms with E-state index in [-0.39, 0.29) is 12.5 Å². The smallest absolute Gasteiger partial charge is 0.220 e. The molecule has 0 aliphatic carbocycles. The predicted molar refractivity (Wildman–Crippen MR) is 230 cm³/mol. The van der Waals surface area contributed by atoms with Gasteiger partial charge in [-0.3, -0.25) is 4.79 Å². The molecule has 4 heteroatoms. The minimum atomic E-state index is -0.832. The largest absolute Gasteiger partial charge is 0.394 e. The molecule has 3 N–H and O–H groups in total. The molecule has 1 amide bonds. The number of nitrogens with one attached hydrogen (secondary N) is 1. The zero-order valence-electron chi connectivity index (χ0n) is 35.1. The first-order valence-corrected chi connectivity index (χ1v) is 23.2. The molecule has 0 fully saturated rings. The highest BCUT2D eigenvalue weighted by molar-refractivity contribution is 5.76. The van der Waals surface area contributed by atoms with Crippen molar-refractivity contribution in [2.24, 2.45) is 0 Å². The summed E-state index contributed by atoms with van der Waals surface area (Å²) in [5, 5.41) is 22.6. The van der Waals surface area contributed by atoms with Gasteiger partial charge in [0.1, 0.15) is 0 Å². The number of allylic oxidation sites excluding steroid dienone is 5. The average Bonchev–Trinajstić information content (AvgIpc) is 3.15. The molecular weight excluding hydrogens is 639 g/mol. The maximum Gasteiger partial charge on any atom is 0.220 e. The summed E-state index contributed by atoms with van der Waals surface area (Å²) < 4.78 is 0. The molecule has 2 atom stereocenters. The van der Waals surface area contributed by atoms with Crippen LogP contribution >= 0.6 is 0 Å². The molecule has 0 spiro atoms. The molecule has 0 aromatic rings. The summed E-state index contributed by atoms with van der Waals surface area (Å²) in [6.45, 7) is 4.20. The number of rotatable bonds is 42. The van der Waals surface area contributed by atoms with Crippen molar-refractivity contribution in [2.75, 3.05) is 6.61 Å². The van der Waals surface area contributed by atoms with Crippen molar-refractivity contribution in [3.05, 3.63) is 36.5 Å². The minimum absolute atomic E-state index is 0.0686. The number of aliphatic hydroxyl groups excluding tert-OH is 2. The molecule has 0 heterocycles. The van der Waals surface area contributed by atoms with Gasteiger partial charge in [-0.2, -0.15) is 0 Å². The van der Waals surface area contributed by atoms with Crippen LogP contribution in [0, 0.1) is 0 Å². The van der Waals surface area contributed by atoms with Crippen molar-refractivity contribution in [2.45, 2.75) is 257 Å². The first-order valence-electron chi connectivity index (χ1n) is 23.2. The fourth-order valence-corrected chi connectivity index (χ4v) is 7.03. The van der Waals surface area contributed by atoms with Crippen LogP contribution in [0.4, 0.5) is 0 Å². The van der Waals surface area contributed by atoms with Gasteiger partial charge in [-0.05, 0) is 51.4 Å². The van der Waals surface area contributed by atoms with Crippen molar-refractivity contribution >= 4 is 5.91 Å². The quantitative estimate of drug-likeness (QED) is 0.0433. The van der Waals surface area contributed by atoms with Crippen LogP contribution in [0.25, 0.3) is 0 Å². The number of amides is 1. The van der Waals surface area contributed by atoms with E-state index in [1.807, 2.05) is 6.08 Å². The monoisotopic (exact) mass is 730 g/mol. The summed E-state index contributed by atoms with van der Waals surface area (Å²) in [4.78, 5) is 12.3. The second kappa shape index (κ2) is 44.0. The van der Waals surface area contributed by atoms with E-state index in [9.17, 15) is 15.0 Å². The zero-order valence-corrected chi connectivity index (χ0v) is 35.1. The lowest BCUT2D eigenvalue weighted by Crippen LogP contribution is -2.45. The average molecular weight is 730 g/mol. The van der Waals surface area contributed by atoms with Crippen molar-refractivity contribution in [3.8, 4) is 0 Å². The molecule has 0 radical (unpaired) electrons. The predicted octanol–water partition coefficient (Wildman–Crippen LogP) is 14.6. The summed E-state index contributed by atoms with van der Waals surface area (Å²) in [5.41, 5.74) is 0. The van der Waals surface area contributed by atoms with Crippen LogP contribution in [0.2, 0.25) is 0 Å². The number of unbranched alkanes of at least 4 members (excludes halogenated alkanes) is 31. The van der Waals surface area contributed by atoms with Gasteiger partial charge in [-0.15, -0.1) is 0 Å². The number of carbonyl (C=O) groups excluding carboxylic acids is 1. The Kier molecular flexibility index (Phi) is 42.8. The van der Waals surface area contributed by atoms with Crippen LogP contribution in [-0.2, 0) is 4.79 Å². The Bertz CT molecular complexity index is 790. The van der Waals surface area contributed by atoms with Gasteiger partial charge < -0.3 is 15.5 Å². The molecule has 0 aliphatic heterocycles. The molecule has 0 rings (SSSR count). The van der Waals surface area contributed by atoms with Crippen LogP contribution in [0.1, 0.15) is 245 Å². The van der Waals surface area contributed by atoms with E-state index in [1.165, 1.54) is 193 Å². The maximum absolute atomic E-state index is 12.3. The molecule has 0 aromatic heterocycles. The molecular formula is C48H91NO3. The van der Waals surface area contributed by atoms with E-state index in [2.05, 4.69) is 43.5 Å². The highest BCUT2D eigenvalue weighted by atomic mass is 16.3. The van der Waals surface area contributed by atoms with Gasteiger partial charge in [0.05, 0.1) is 18.8 Å². The maximum atomic E-state index is 12.3. The SMILES string of the molecule is CCCCC/C=C/C(O)C(CO)NC(=O)CCCCCCCCCCCCCCCCCCCCCCCCC/C=C\C/C=C\CCCCCCC. The van der Waals surface area contributed by atoms with Crippen molar-refractivity contribution in [1.29, 1.82) is 0 Å². The Balaban J connectivity index is 3.32. The van der Waals surface area contributed by atoms with Gasteiger partial charge in [0.15, 0.2) is 0 Å². The number of hydrogen-bond acceptors (Lipinski definition) is 3. The summed E-state index contributed by atoms with van der Waals surface area (Å²) in [5.74, 6) is -0.0686. The lowest BCUT2D eigenvalue weighted by atomic mass is 10.0. The fraction of sp³-hybridized carbons (Fsp3) is 0.854. The van der Waals surface area contributed by atoms with Crippen LogP contribution in [0.3, 0.4) is 0 Å². The third-order valence-electron chi connectivity index (χ3n) is 10.6. The van der Waals surface area contributed by atoms with Gasteiger partial charge in [-0.1, -0.05) is 224 Å². The summed E-state index contributed by atoms with van der Waals surface area (Å²) in [6, 6.07) is -0.615. The lowest BCUT2D eigenvalue weighted by molar-refractivity contribution is -0.123. The van der Waals surface area contributed by atoms with Crippen LogP contribution in [0.5, 0.6) is 0 Å². The molecule has 0 bridgehead atoms. The van der Waals surface area contributed by atoms with Gasteiger partial charge in [-0.25, -0.2) is 0 Å². The lowest BCUT2D eigenvalue weighted by Gasteiger charge is -2.20. The summed E-state index contributed by atoms with van der Waals surface area (Å²) in [7, 11) is 0. The molecule has 52 heavy (non-hydrogen) atoms. The molecule has 4 nitrogen and oxygen atoms in total. The van der Waals surface area contributed by atoms with Crippen LogP contribution < -0.4 is 5.32 Å². The summed E-state index contributed by atoms with van der Waals surface area (Å²) in [6.07, 6.45) is 58.9. The topological polar surface area (TPSA) is 69.6 Å². The van der Waals surface area contributed by atoms with Gasteiger partial charge in [0, 0.05) is 6.42 Å². The minimum Gasteiger partial charge on any atom is -0.394 e. The molecule has 0 aromatic carbocycles. The van der Waals surface area contributed by atoms with E-state index in [1.54, 1.807) is 6.08 Å². The third kappa shape index (κ3) is 39.8. The van der Waals surface area contributed by atoms with Crippen molar-refractivity contribution < 1.29 is 15.0 Å². The zero-order chi connectivity index (χ0) is 37.8. The second-order valence-corrected chi connectivity index (χ2v) is 15.8. The Morgan fingerprint density at radius 2 is 0.788 bits per heavy atom. The molecule has 0 aliphatic rings. The standard InChI is InChI=1S/C48H91NO3/c1-3-5-7-9-10-11-12-13-14-15-16-17-18-19-20-21-22-23-24-25-26-27-28-29-30-31-32-33-34-35-36-37-38-40-42-44-48(52)49-46(45-50)47(51)43-41-39-8-6-4-2/h12-13,15-16,41,43,46-47,50-51H,3-11,14,17-40,42,44-45H2,1-2H3,(H,49,52)/b13-12-,16-15-,43-41+. The van der Waals surface area contributed by atoms with Gasteiger partial charge >= 0.3 is 0 Å². The van der Waals surface area contributed by atoms with E-state index < -0.39 is 12.1 Å². The molecule has 306 valence electrons. The van der Waals surface area contributed by atoms with Crippen molar-refractivity contribution in [1.82, 2.24) is 5.32 Å². The molecule has 2 unspecified atom stereocenters. The van der Waals surface area contributed by atoms with E-state index in [0.717, 1.165) is 32.1 Å². The third-order valence-corrected chi connectivity index (χ3v) is 10.6. The van der Waals surface area contributed by atoms with E-state index >= 15 is 0 Å². The normalized spacial score (nSPS) is 13.2. The van der Waals surface area contributed by atoms with E-state index in [4.69, 9.17) is 0 Å². The van der Waals surface area contributed by atoms with Crippen molar-refractivity contribution in [3.63, 3.8) is 0 Å². The van der Waals surface area contributed by atoms with E-state index in [0.29, 0.717) is 6.42 Å². The Hall–Kier alpha value is -1.39. The number of hydrogen-bond donors (Lipinski definition) is 3. The number of carbonyl (C=O) groups is 1. The molecule has 0 saturated carbocycles. The number of aliphatic hydroxyl groups is 2. The van der Waals surface area contributed by atoms with Crippen LogP contribution in [-0.4, -0.2) is 34.9 Å². The highest BCUT2D eigenvalue weighted by Crippen LogP contribution is 2.16. The second-order valence-electron chi connectivity index (χ2n) is 15.8. The first-order chi connectivity index (χ1) is 25.7. The van der Waals surface area contributed by atoms with Crippen LogP contribution in [0.15, 0.2) is 36.5 Å². The molecule has 0 saturated heterocycles. The fourth-order valence-electron chi connectivity index (χ4n) is 7.03. The summed E-state index contributed by atoms with van der Waals surface area (Å²) >= 11 is 0. The van der Waals surface area contributed by atoms with Gasteiger partial charge in [0.2, 0.25) is 5.91 Å². The van der Waals surface area contributed by atoms with Gasteiger partial charge in [0.25, 0.3) is 0 Å².